The number of benzene rings is 2. The van der Waals surface area contributed by atoms with Crippen LogP contribution in [0.15, 0.2) is 54.7 Å². The summed E-state index contributed by atoms with van der Waals surface area (Å²) in [7, 11) is 3.17. The van der Waals surface area contributed by atoms with Crippen molar-refractivity contribution in [1.29, 1.82) is 0 Å². The fraction of sp³-hybridized carbons (Fsp3) is 0.240. The van der Waals surface area contributed by atoms with Gasteiger partial charge in [0.2, 0.25) is 0 Å². The molecule has 158 valence electrons. The van der Waals surface area contributed by atoms with Crippen molar-refractivity contribution in [2.75, 3.05) is 19.1 Å². The highest BCUT2D eigenvalue weighted by Crippen LogP contribution is 2.36. The summed E-state index contributed by atoms with van der Waals surface area (Å²) in [6, 6.07) is 15.2. The molecule has 1 aliphatic rings. The Morgan fingerprint density at radius 3 is 2.58 bits per heavy atom. The van der Waals surface area contributed by atoms with Crippen LogP contribution < -0.4 is 4.90 Å². The molecule has 1 aromatic heterocycles. The van der Waals surface area contributed by atoms with Gasteiger partial charge in [-0.2, -0.15) is 0 Å². The minimum absolute atomic E-state index is 0.0200. The lowest BCUT2D eigenvalue weighted by atomic mass is 10.1. The van der Waals surface area contributed by atoms with E-state index in [4.69, 9.17) is 4.74 Å². The Morgan fingerprint density at radius 1 is 1.13 bits per heavy atom. The first-order valence-corrected chi connectivity index (χ1v) is 10.3. The number of carbonyl (C=O) groups excluding carboxylic acids is 2. The van der Waals surface area contributed by atoms with Crippen molar-refractivity contribution in [3.05, 3.63) is 82.9 Å². The number of amides is 1. The molecule has 3 aromatic rings. The highest BCUT2D eigenvalue weighted by Gasteiger charge is 2.29. The van der Waals surface area contributed by atoms with Crippen LogP contribution >= 0.6 is 0 Å². The van der Waals surface area contributed by atoms with Crippen molar-refractivity contribution in [3.63, 3.8) is 0 Å². The van der Waals surface area contributed by atoms with Crippen molar-refractivity contribution in [2.24, 2.45) is 0 Å². The number of anilines is 1. The van der Waals surface area contributed by atoms with Gasteiger partial charge in [0.25, 0.3) is 5.91 Å². The summed E-state index contributed by atoms with van der Waals surface area (Å²) in [5, 5.41) is 0. The first-order chi connectivity index (χ1) is 15.0. The van der Waals surface area contributed by atoms with Gasteiger partial charge in [-0.15, -0.1) is 0 Å². The quantitative estimate of drug-likeness (QED) is 0.447. The van der Waals surface area contributed by atoms with Crippen LogP contribution in [0.25, 0.3) is 11.6 Å². The molecule has 6 nitrogen and oxygen atoms in total. The number of fused-ring (bicyclic) bond motifs is 1. The Morgan fingerprint density at radius 2 is 1.87 bits per heavy atom. The van der Waals surface area contributed by atoms with Crippen LogP contribution in [0.2, 0.25) is 0 Å². The van der Waals surface area contributed by atoms with Crippen LogP contribution in [0, 0.1) is 0 Å². The molecule has 1 aliphatic heterocycles. The van der Waals surface area contributed by atoms with E-state index in [0.717, 1.165) is 41.2 Å². The van der Waals surface area contributed by atoms with Crippen LogP contribution in [0.5, 0.6) is 0 Å². The van der Waals surface area contributed by atoms with Crippen molar-refractivity contribution in [3.8, 4) is 0 Å². The van der Waals surface area contributed by atoms with Crippen LogP contribution in [0.4, 0.5) is 5.69 Å². The Labute approximate surface area is 181 Å². The van der Waals surface area contributed by atoms with E-state index in [-0.39, 0.29) is 11.9 Å². The maximum Gasteiger partial charge on any atom is 0.337 e. The topological polar surface area (TPSA) is 64.4 Å². The molecule has 2 aromatic carbocycles. The first kappa shape index (κ1) is 20.6. The predicted molar refractivity (Wildman–Crippen MR) is 121 cm³/mol. The van der Waals surface area contributed by atoms with Crippen molar-refractivity contribution in [1.82, 2.24) is 9.55 Å². The molecular weight excluding hydrogens is 390 g/mol. The summed E-state index contributed by atoms with van der Waals surface area (Å²) in [5.41, 5.74) is 4.96. The highest BCUT2D eigenvalue weighted by atomic mass is 16.5. The lowest BCUT2D eigenvalue weighted by molar-refractivity contribution is -0.112. The third-order valence-corrected chi connectivity index (χ3v) is 5.54. The average molecular weight is 415 g/mol. The predicted octanol–water partition coefficient (Wildman–Crippen LogP) is 4.19. The van der Waals surface area contributed by atoms with E-state index in [0.29, 0.717) is 17.7 Å². The number of aryl methyl sites for hydroxylation is 1. The summed E-state index contributed by atoms with van der Waals surface area (Å²) in [5.74, 6) is 0.598. The summed E-state index contributed by atoms with van der Waals surface area (Å²) in [6.07, 6.45) is 5.57. The summed E-state index contributed by atoms with van der Waals surface area (Å²) in [6.45, 7) is 2.72. The van der Waals surface area contributed by atoms with E-state index in [2.05, 4.69) is 16.5 Å². The van der Waals surface area contributed by atoms with Gasteiger partial charge < -0.3 is 14.2 Å². The van der Waals surface area contributed by atoms with E-state index in [1.165, 1.54) is 7.11 Å². The molecule has 0 N–H and O–H groups in total. The fourth-order valence-corrected chi connectivity index (χ4v) is 3.88. The largest absolute Gasteiger partial charge is 0.465 e. The minimum atomic E-state index is -0.353. The van der Waals surface area contributed by atoms with Crippen LogP contribution in [0.1, 0.15) is 46.3 Å². The van der Waals surface area contributed by atoms with Gasteiger partial charge in [0.15, 0.2) is 0 Å². The van der Waals surface area contributed by atoms with E-state index in [1.807, 2.05) is 48.7 Å². The number of aromatic nitrogens is 2. The summed E-state index contributed by atoms with van der Waals surface area (Å²) in [4.78, 5) is 30.9. The molecule has 0 radical (unpaired) electrons. The minimum Gasteiger partial charge on any atom is -0.465 e. The molecule has 1 amide bonds. The fourth-order valence-electron chi connectivity index (χ4n) is 3.88. The zero-order chi connectivity index (χ0) is 22.0. The molecule has 31 heavy (non-hydrogen) atoms. The lowest BCUT2D eigenvalue weighted by Gasteiger charge is -2.11. The van der Waals surface area contributed by atoms with Gasteiger partial charge in [0.05, 0.1) is 35.8 Å². The van der Waals surface area contributed by atoms with Gasteiger partial charge >= 0.3 is 5.97 Å². The average Bonchev–Trinajstić information content (AvgIpc) is 3.28. The number of para-hydroxylation sites is 1. The smallest absolute Gasteiger partial charge is 0.337 e. The van der Waals surface area contributed by atoms with Crippen molar-refractivity contribution >= 4 is 29.2 Å². The van der Waals surface area contributed by atoms with Crippen molar-refractivity contribution in [2.45, 2.75) is 26.3 Å². The normalized spacial score (nSPS) is 14.2. The molecular formula is C25H25N3O3. The molecule has 0 aliphatic carbocycles. The highest BCUT2D eigenvalue weighted by molar-refractivity contribution is 6.35. The number of nitrogens with zero attached hydrogens (tertiary/aromatic N) is 3. The van der Waals surface area contributed by atoms with Gasteiger partial charge in [-0.1, -0.05) is 37.3 Å². The molecule has 6 heteroatoms. The van der Waals surface area contributed by atoms with Crippen LogP contribution in [0.3, 0.4) is 0 Å². The molecule has 0 unspecified atom stereocenters. The number of likely N-dealkylation sites (N-methyl/N-ethyl adjacent to an activating group) is 1. The van der Waals surface area contributed by atoms with E-state index < -0.39 is 0 Å². The number of rotatable bonds is 6. The number of hydrogen-bond acceptors (Lipinski definition) is 4. The molecule has 4 rings (SSSR count). The Hall–Kier alpha value is -3.67. The van der Waals surface area contributed by atoms with Gasteiger partial charge in [-0.25, -0.2) is 9.78 Å². The second-order valence-electron chi connectivity index (χ2n) is 7.56. The zero-order valence-electron chi connectivity index (χ0n) is 18.0. The molecule has 0 atom stereocenters. The van der Waals surface area contributed by atoms with Gasteiger partial charge in [-0.05, 0) is 36.3 Å². The van der Waals surface area contributed by atoms with Crippen molar-refractivity contribution < 1.29 is 14.3 Å². The number of hydrogen-bond donors (Lipinski definition) is 0. The van der Waals surface area contributed by atoms with E-state index in [9.17, 15) is 9.59 Å². The molecule has 0 spiro atoms. The number of esters is 1. The number of ether oxygens (including phenoxy) is 1. The Bertz CT molecular complexity index is 1160. The number of imidazole rings is 1. The Balaban J connectivity index is 1.71. The summed E-state index contributed by atoms with van der Waals surface area (Å²) < 4.78 is 6.91. The lowest BCUT2D eigenvalue weighted by Crippen LogP contribution is -2.20. The molecule has 0 saturated carbocycles. The third-order valence-electron chi connectivity index (χ3n) is 5.54. The first-order valence-electron chi connectivity index (χ1n) is 10.3. The van der Waals surface area contributed by atoms with Gasteiger partial charge in [0.1, 0.15) is 5.82 Å². The summed E-state index contributed by atoms with van der Waals surface area (Å²) >= 11 is 0. The second kappa shape index (κ2) is 8.60. The molecule has 0 bridgehead atoms. The van der Waals surface area contributed by atoms with E-state index in [1.54, 1.807) is 24.1 Å². The Kier molecular flexibility index (Phi) is 5.71. The second-order valence-corrected chi connectivity index (χ2v) is 7.56. The SMILES string of the molecule is CCCc1ncc(/C=C2\C(=O)N(C)c3ccccc32)n1Cc1ccc(C(=O)OC)cc1. The molecule has 0 saturated heterocycles. The van der Waals surface area contributed by atoms with E-state index >= 15 is 0 Å². The molecule has 0 fully saturated rings. The standard InChI is InChI=1S/C25H25N3O3/c1-4-7-23-26-15-19(14-21-20-8-5-6-9-22(20)27(2)24(21)29)28(23)16-17-10-12-18(13-11-17)25(30)31-3/h5-6,8-15H,4,7,16H2,1-3H3/b21-14-. The maximum atomic E-state index is 12.9. The third kappa shape index (κ3) is 3.89. The zero-order valence-corrected chi connectivity index (χ0v) is 18.0. The molecule has 2 heterocycles. The van der Waals surface area contributed by atoms with Crippen LogP contribution in [-0.2, 0) is 22.5 Å². The number of carbonyl (C=O) groups is 2. The number of methoxy groups -OCH3 is 1. The maximum absolute atomic E-state index is 12.9. The van der Waals surface area contributed by atoms with Gasteiger partial charge in [-0.3, -0.25) is 4.79 Å². The van der Waals surface area contributed by atoms with Crippen LogP contribution in [-0.4, -0.2) is 35.6 Å². The monoisotopic (exact) mass is 415 g/mol. The van der Waals surface area contributed by atoms with Gasteiger partial charge in [0, 0.05) is 25.6 Å².